The fourth-order valence-corrected chi connectivity index (χ4v) is 0. The standard InChI is InChI=1S/C6H8.Y/c1-5(2)6(3)4;/h1,3H,2,4H3;/q-2;. The Labute approximate surface area is 70.6 Å². The van der Waals surface area contributed by atoms with E-state index in [2.05, 4.69) is 0 Å². The number of hydrogen-bond donors (Lipinski definition) is 0. The van der Waals surface area contributed by atoms with E-state index in [-0.39, 0.29) is 32.7 Å². The van der Waals surface area contributed by atoms with Crippen LogP contribution >= 0.6 is 0 Å². The van der Waals surface area contributed by atoms with E-state index in [1.807, 2.05) is 0 Å². The summed E-state index contributed by atoms with van der Waals surface area (Å²) in [7, 11) is 0. The number of allylic oxidation sites excluding steroid dienone is 2. The third-order valence-corrected chi connectivity index (χ3v) is 0.622. The van der Waals surface area contributed by atoms with Crippen LogP contribution in [-0.4, -0.2) is 0 Å². The van der Waals surface area contributed by atoms with Gasteiger partial charge < -0.3 is 24.3 Å². The van der Waals surface area contributed by atoms with Crippen molar-refractivity contribution in [2.75, 3.05) is 0 Å². The van der Waals surface area contributed by atoms with Gasteiger partial charge in [0.05, 0.1) is 0 Å². The molecular weight excluding hydrogens is 161 g/mol. The molecule has 0 nitrogen and oxygen atoms in total. The van der Waals surface area contributed by atoms with E-state index in [0.29, 0.717) is 11.1 Å². The van der Waals surface area contributed by atoms with Crippen LogP contribution in [0.15, 0.2) is 11.1 Å². The minimum atomic E-state index is 0. The molecule has 1 radical (unpaired) electrons. The molecule has 0 spiro atoms. The Kier molecular flexibility index (Phi) is 7.13. The molecule has 0 aliphatic heterocycles. The maximum Gasteiger partial charge on any atom is 0 e. The van der Waals surface area contributed by atoms with Gasteiger partial charge in [-0.15, -0.1) is 13.8 Å². The second-order valence-corrected chi connectivity index (χ2v) is 1.37. The first-order chi connectivity index (χ1) is 2.64. The second kappa shape index (κ2) is 4.74. The molecule has 0 fully saturated rings. The van der Waals surface area contributed by atoms with Crippen LogP contribution in [0.5, 0.6) is 0 Å². The van der Waals surface area contributed by atoms with Crippen molar-refractivity contribution in [3.05, 3.63) is 24.3 Å². The van der Waals surface area contributed by atoms with Crippen molar-refractivity contribution in [1.29, 1.82) is 0 Å². The molecule has 0 aromatic heterocycles. The largest absolute Gasteiger partial charge is 0.391 e. The van der Waals surface area contributed by atoms with E-state index >= 15 is 0 Å². The van der Waals surface area contributed by atoms with Crippen molar-refractivity contribution in [3.8, 4) is 0 Å². The summed E-state index contributed by atoms with van der Waals surface area (Å²) < 4.78 is 0. The van der Waals surface area contributed by atoms with Gasteiger partial charge in [-0.05, 0) is 0 Å². The Hall–Kier alpha value is 0.584. The zero-order valence-electron chi connectivity index (χ0n) is 4.73. The molecule has 37 valence electrons. The SMILES string of the molecule is [CH-]=C(C)C(=[CH-])C.[Y]. The Balaban J connectivity index is 0. The van der Waals surface area contributed by atoms with Gasteiger partial charge in [0.2, 0.25) is 0 Å². The van der Waals surface area contributed by atoms with Crippen LogP contribution in [0.3, 0.4) is 0 Å². The molecule has 0 saturated carbocycles. The molecule has 0 aliphatic carbocycles. The first-order valence-corrected chi connectivity index (χ1v) is 1.83. The third-order valence-electron chi connectivity index (χ3n) is 0.622. The van der Waals surface area contributed by atoms with E-state index in [0.717, 1.165) is 0 Å². The van der Waals surface area contributed by atoms with Crippen molar-refractivity contribution in [3.63, 3.8) is 0 Å². The van der Waals surface area contributed by atoms with Crippen molar-refractivity contribution in [2.24, 2.45) is 0 Å². The van der Waals surface area contributed by atoms with Gasteiger partial charge in [-0.25, -0.2) is 0 Å². The van der Waals surface area contributed by atoms with Gasteiger partial charge in [-0.2, -0.15) is 0 Å². The maximum atomic E-state index is 5.19. The number of rotatable bonds is 1. The van der Waals surface area contributed by atoms with Crippen LogP contribution in [-0.2, 0) is 32.7 Å². The molecule has 0 bridgehead atoms. The second-order valence-electron chi connectivity index (χ2n) is 1.37. The fraction of sp³-hybridized carbons (Fsp3) is 0.333. The number of hydrogen-bond acceptors (Lipinski definition) is 0. The molecule has 0 aliphatic rings. The van der Waals surface area contributed by atoms with Crippen LogP contribution in [0.25, 0.3) is 0 Å². The van der Waals surface area contributed by atoms with Gasteiger partial charge in [0.25, 0.3) is 0 Å². The molecule has 0 amide bonds. The third kappa shape index (κ3) is 6.58. The van der Waals surface area contributed by atoms with Crippen molar-refractivity contribution < 1.29 is 32.7 Å². The maximum absolute atomic E-state index is 5.19. The van der Waals surface area contributed by atoms with Gasteiger partial charge in [-0.1, -0.05) is 0 Å². The predicted molar refractivity (Wildman–Crippen MR) is 27.0 cm³/mol. The van der Waals surface area contributed by atoms with Gasteiger partial charge in [0, 0.05) is 32.7 Å². The van der Waals surface area contributed by atoms with E-state index in [1.54, 1.807) is 13.8 Å². The van der Waals surface area contributed by atoms with Gasteiger partial charge in [0.1, 0.15) is 0 Å². The quantitative estimate of drug-likeness (QED) is 0.414. The molecular formula is C6H8Y-2. The zero-order valence-corrected chi connectivity index (χ0v) is 7.57. The van der Waals surface area contributed by atoms with E-state index < -0.39 is 0 Å². The normalized spacial score (nSPS) is 6.57. The Morgan fingerprint density at radius 3 is 1.14 bits per heavy atom. The molecule has 0 aromatic rings. The predicted octanol–water partition coefficient (Wildman–Crippen LogP) is 1.74. The average molecular weight is 169 g/mol. The summed E-state index contributed by atoms with van der Waals surface area (Å²) in [4.78, 5) is 0. The Bertz CT molecular complexity index is 70.2. The molecule has 0 atom stereocenters. The molecule has 1 heteroatoms. The molecule has 0 unspecified atom stereocenters. The van der Waals surface area contributed by atoms with Crippen LogP contribution in [0.2, 0.25) is 0 Å². The molecule has 0 N–H and O–H groups in total. The summed E-state index contributed by atoms with van der Waals surface area (Å²) in [5.41, 5.74) is 1.41. The van der Waals surface area contributed by atoms with Crippen molar-refractivity contribution >= 4 is 0 Å². The van der Waals surface area contributed by atoms with Crippen LogP contribution in [0.4, 0.5) is 0 Å². The van der Waals surface area contributed by atoms with Crippen molar-refractivity contribution in [1.82, 2.24) is 0 Å². The Morgan fingerprint density at radius 1 is 1.00 bits per heavy atom. The summed E-state index contributed by atoms with van der Waals surface area (Å²) in [6, 6.07) is 0. The Morgan fingerprint density at radius 2 is 1.14 bits per heavy atom. The van der Waals surface area contributed by atoms with Gasteiger partial charge >= 0.3 is 0 Å². The topological polar surface area (TPSA) is 0 Å². The minimum absolute atomic E-state index is 0. The molecule has 0 saturated heterocycles. The van der Waals surface area contributed by atoms with E-state index in [4.69, 9.17) is 13.2 Å². The van der Waals surface area contributed by atoms with Crippen LogP contribution < -0.4 is 0 Å². The van der Waals surface area contributed by atoms with Crippen LogP contribution in [0, 0.1) is 13.2 Å². The zero-order chi connectivity index (χ0) is 5.15. The molecule has 0 aromatic carbocycles. The fourth-order valence-electron chi connectivity index (χ4n) is 0. The van der Waals surface area contributed by atoms with Crippen LogP contribution in [0.1, 0.15) is 13.8 Å². The van der Waals surface area contributed by atoms with Gasteiger partial charge in [0.15, 0.2) is 0 Å². The first-order valence-electron chi connectivity index (χ1n) is 1.83. The minimum Gasteiger partial charge on any atom is -0.391 e. The summed E-state index contributed by atoms with van der Waals surface area (Å²) in [6.07, 6.45) is 0. The monoisotopic (exact) mass is 169 g/mol. The van der Waals surface area contributed by atoms with E-state index in [9.17, 15) is 0 Å². The smallest absolute Gasteiger partial charge is 0 e. The molecule has 7 heavy (non-hydrogen) atoms. The summed E-state index contributed by atoms with van der Waals surface area (Å²) >= 11 is 0. The molecule has 0 heterocycles. The summed E-state index contributed by atoms with van der Waals surface area (Å²) in [6.45, 7) is 13.9. The molecule has 0 rings (SSSR count). The van der Waals surface area contributed by atoms with E-state index in [1.165, 1.54) is 0 Å². The summed E-state index contributed by atoms with van der Waals surface area (Å²) in [5.74, 6) is 0. The first kappa shape index (κ1) is 10.5. The van der Waals surface area contributed by atoms with Crippen molar-refractivity contribution in [2.45, 2.75) is 13.8 Å². The average Bonchev–Trinajstić information content (AvgIpc) is 1.36. The summed E-state index contributed by atoms with van der Waals surface area (Å²) in [5, 5.41) is 0. The van der Waals surface area contributed by atoms with Gasteiger partial charge in [-0.3, -0.25) is 0 Å².